The Morgan fingerprint density at radius 2 is 1.73 bits per heavy atom. The highest BCUT2D eigenvalue weighted by atomic mass is 16.2. The lowest BCUT2D eigenvalue weighted by atomic mass is 9.83. The molecule has 0 aromatic carbocycles. The summed E-state index contributed by atoms with van der Waals surface area (Å²) in [5, 5.41) is 7.91. The van der Waals surface area contributed by atoms with Crippen LogP contribution in [-0.4, -0.2) is 64.1 Å². The summed E-state index contributed by atoms with van der Waals surface area (Å²) in [7, 11) is 1.86. The third-order valence-corrected chi connectivity index (χ3v) is 7.67. The van der Waals surface area contributed by atoms with Crippen molar-refractivity contribution >= 4 is 35.1 Å². The Morgan fingerprint density at radius 1 is 1.03 bits per heavy atom. The summed E-state index contributed by atoms with van der Waals surface area (Å²) >= 11 is 0. The number of hydrogen-bond acceptors (Lipinski definition) is 6. The van der Waals surface area contributed by atoms with Crippen molar-refractivity contribution in [2.75, 3.05) is 31.1 Å². The predicted octanol–water partition coefficient (Wildman–Crippen LogP) is 1.96. The first-order chi connectivity index (χ1) is 16.0. The first-order valence-corrected chi connectivity index (χ1v) is 12.1. The van der Waals surface area contributed by atoms with Crippen LogP contribution < -0.4 is 10.2 Å². The summed E-state index contributed by atoms with van der Waals surface area (Å²) in [4.78, 5) is 43.9. The molecule has 33 heavy (non-hydrogen) atoms. The summed E-state index contributed by atoms with van der Waals surface area (Å²) in [6, 6.07) is 4.06. The molecule has 3 fully saturated rings. The van der Waals surface area contributed by atoms with Crippen LogP contribution in [0, 0.1) is 11.8 Å². The molecule has 3 amide bonds. The predicted molar refractivity (Wildman–Crippen MR) is 124 cm³/mol. The maximum Gasteiger partial charge on any atom is 0.235 e. The molecule has 1 atom stereocenters. The molecule has 1 unspecified atom stereocenters. The fourth-order valence-corrected chi connectivity index (χ4v) is 5.70. The average Bonchev–Trinajstić information content (AvgIpc) is 3.15. The average molecular weight is 453 g/mol. The zero-order valence-corrected chi connectivity index (χ0v) is 19.2. The third kappa shape index (κ3) is 4.45. The van der Waals surface area contributed by atoms with Crippen molar-refractivity contribution in [1.82, 2.24) is 25.0 Å². The van der Waals surface area contributed by atoms with Gasteiger partial charge in [0.1, 0.15) is 5.82 Å². The van der Waals surface area contributed by atoms with Crippen molar-refractivity contribution in [2.45, 2.75) is 50.9 Å². The molecule has 9 nitrogen and oxygen atoms in total. The Bertz CT molecular complexity index is 1050. The van der Waals surface area contributed by atoms with Crippen LogP contribution in [0.2, 0.25) is 0 Å². The lowest BCUT2D eigenvalue weighted by Crippen LogP contribution is -2.39. The number of fused-ring (bicyclic) bond motifs is 1. The molecule has 3 aliphatic rings. The highest BCUT2D eigenvalue weighted by molar-refractivity contribution is 6.02. The number of carbonyl (C=O) groups is 3. The highest BCUT2D eigenvalue weighted by Gasteiger charge is 2.32. The van der Waals surface area contributed by atoms with Crippen molar-refractivity contribution in [2.24, 2.45) is 18.9 Å². The van der Waals surface area contributed by atoms with Crippen molar-refractivity contribution in [3.8, 4) is 0 Å². The molecule has 176 valence electrons. The highest BCUT2D eigenvalue weighted by Crippen LogP contribution is 2.33. The standard InChI is InChI=1S/C24H32N6O3/c1-28-23-18(22(27-28)19-3-5-21(32)26-24(19)33)2-4-20(25-23)30-12-8-17(9-13-30)14-16-6-10-29(15-31)11-7-16/h2,4,15-17,19H,3,5-14H2,1H3,(H,26,32,33). The van der Waals surface area contributed by atoms with Crippen molar-refractivity contribution in [3.05, 3.63) is 17.8 Å². The Balaban J connectivity index is 1.23. The minimum absolute atomic E-state index is 0.216. The zero-order chi connectivity index (χ0) is 22.9. The normalized spacial score (nSPS) is 23.2. The number of rotatable bonds is 5. The summed E-state index contributed by atoms with van der Waals surface area (Å²) in [5.41, 5.74) is 1.48. The van der Waals surface area contributed by atoms with Gasteiger partial charge in [0.15, 0.2) is 5.65 Å². The van der Waals surface area contributed by atoms with Crippen LogP contribution in [0.1, 0.15) is 56.6 Å². The number of pyridine rings is 1. The number of likely N-dealkylation sites (tertiary alicyclic amines) is 1. The number of aromatic nitrogens is 3. The van der Waals surface area contributed by atoms with Gasteiger partial charge in [0.05, 0.1) is 11.6 Å². The van der Waals surface area contributed by atoms with Gasteiger partial charge < -0.3 is 9.80 Å². The summed E-state index contributed by atoms with van der Waals surface area (Å²) in [5.74, 6) is 1.55. The van der Waals surface area contributed by atoms with Crippen molar-refractivity contribution in [3.63, 3.8) is 0 Å². The van der Waals surface area contributed by atoms with Crippen LogP contribution in [0.4, 0.5) is 5.82 Å². The smallest absolute Gasteiger partial charge is 0.235 e. The van der Waals surface area contributed by atoms with E-state index >= 15 is 0 Å². The van der Waals surface area contributed by atoms with Crippen LogP contribution >= 0.6 is 0 Å². The number of anilines is 1. The Kier molecular flexibility index (Phi) is 6.03. The zero-order valence-electron chi connectivity index (χ0n) is 19.2. The van der Waals surface area contributed by atoms with Crippen molar-refractivity contribution in [1.29, 1.82) is 0 Å². The Morgan fingerprint density at radius 3 is 2.39 bits per heavy atom. The van der Waals surface area contributed by atoms with Crippen LogP contribution in [0.25, 0.3) is 11.0 Å². The topological polar surface area (TPSA) is 100 Å². The molecule has 0 bridgehead atoms. The van der Waals surface area contributed by atoms with E-state index in [9.17, 15) is 14.4 Å². The number of piperidine rings is 3. The first kappa shape index (κ1) is 21.9. The monoisotopic (exact) mass is 452 g/mol. The summed E-state index contributed by atoms with van der Waals surface area (Å²) in [6.07, 6.45) is 7.67. The second-order valence-electron chi connectivity index (χ2n) is 9.80. The number of carbonyl (C=O) groups excluding carboxylic acids is 3. The van der Waals surface area contributed by atoms with E-state index in [-0.39, 0.29) is 11.8 Å². The van der Waals surface area contributed by atoms with E-state index in [1.54, 1.807) is 4.68 Å². The lowest BCUT2D eigenvalue weighted by Gasteiger charge is -2.36. The molecule has 5 heterocycles. The van der Waals surface area contributed by atoms with Gasteiger partial charge in [0, 0.05) is 45.0 Å². The number of aryl methyl sites for hydroxylation is 1. The number of nitrogens with one attached hydrogen (secondary N) is 1. The van der Waals surface area contributed by atoms with Gasteiger partial charge in [0.25, 0.3) is 0 Å². The maximum atomic E-state index is 12.3. The Labute approximate surface area is 193 Å². The van der Waals surface area contributed by atoms with Crippen LogP contribution in [-0.2, 0) is 21.4 Å². The molecule has 2 aromatic rings. The minimum atomic E-state index is -0.409. The fraction of sp³-hybridized carbons (Fsp3) is 0.625. The summed E-state index contributed by atoms with van der Waals surface area (Å²) in [6.45, 7) is 3.80. The number of imide groups is 1. The van der Waals surface area contributed by atoms with Gasteiger partial charge in [0.2, 0.25) is 18.2 Å². The van der Waals surface area contributed by atoms with E-state index in [1.165, 1.54) is 19.3 Å². The molecule has 5 rings (SSSR count). The van der Waals surface area contributed by atoms with E-state index < -0.39 is 5.92 Å². The minimum Gasteiger partial charge on any atom is -0.357 e. The number of hydrogen-bond donors (Lipinski definition) is 1. The van der Waals surface area contributed by atoms with E-state index in [1.807, 2.05) is 24.1 Å². The third-order valence-electron chi connectivity index (χ3n) is 7.67. The first-order valence-electron chi connectivity index (χ1n) is 12.1. The number of amides is 3. The van der Waals surface area contributed by atoms with E-state index in [2.05, 4.69) is 15.3 Å². The van der Waals surface area contributed by atoms with Gasteiger partial charge in [-0.05, 0) is 62.5 Å². The van der Waals surface area contributed by atoms with Crippen LogP contribution in [0.3, 0.4) is 0 Å². The van der Waals surface area contributed by atoms with Crippen molar-refractivity contribution < 1.29 is 14.4 Å². The Hall–Kier alpha value is -2.97. The van der Waals surface area contributed by atoms with E-state index in [4.69, 9.17) is 4.98 Å². The second-order valence-corrected chi connectivity index (χ2v) is 9.80. The van der Waals surface area contributed by atoms with E-state index in [0.717, 1.165) is 74.1 Å². The quantitative estimate of drug-likeness (QED) is 0.550. The van der Waals surface area contributed by atoms with Gasteiger partial charge in [-0.1, -0.05) is 0 Å². The molecular weight excluding hydrogens is 420 g/mol. The molecule has 0 saturated carbocycles. The SMILES string of the molecule is Cn1nc(C2CCC(=O)NC2=O)c2ccc(N3CCC(CC4CCN(C=O)CC4)CC3)nc21. The molecule has 3 aliphatic heterocycles. The van der Waals surface area contributed by atoms with E-state index in [0.29, 0.717) is 18.5 Å². The largest absolute Gasteiger partial charge is 0.357 e. The van der Waals surface area contributed by atoms with Gasteiger partial charge in [-0.3, -0.25) is 24.4 Å². The molecule has 0 radical (unpaired) electrons. The molecule has 2 aromatic heterocycles. The maximum absolute atomic E-state index is 12.3. The molecule has 1 N–H and O–H groups in total. The molecule has 0 aliphatic carbocycles. The molecule has 3 saturated heterocycles. The molecular formula is C24H32N6O3. The number of nitrogens with zero attached hydrogens (tertiary/aromatic N) is 5. The lowest BCUT2D eigenvalue weighted by molar-refractivity contribution is -0.134. The van der Waals surface area contributed by atoms with Gasteiger partial charge >= 0.3 is 0 Å². The summed E-state index contributed by atoms with van der Waals surface area (Å²) < 4.78 is 1.75. The second kappa shape index (κ2) is 9.11. The fourth-order valence-electron chi connectivity index (χ4n) is 5.70. The molecule has 0 spiro atoms. The molecule has 9 heteroatoms. The van der Waals surface area contributed by atoms with Gasteiger partial charge in [-0.15, -0.1) is 0 Å². The van der Waals surface area contributed by atoms with Gasteiger partial charge in [-0.25, -0.2) is 4.98 Å². The van der Waals surface area contributed by atoms with Crippen LogP contribution in [0.5, 0.6) is 0 Å². The van der Waals surface area contributed by atoms with Gasteiger partial charge in [-0.2, -0.15) is 5.10 Å². The van der Waals surface area contributed by atoms with Crippen LogP contribution in [0.15, 0.2) is 12.1 Å².